The molecule has 0 saturated carbocycles. The lowest BCUT2D eigenvalue weighted by Crippen LogP contribution is -2.19. The lowest BCUT2D eigenvalue weighted by atomic mass is 10.0. The second kappa shape index (κ2) is 6.05. The van der Waals surface area contributed by atoms with Crippen LogP contribution in [0.2, 0.25) is 0 Å². The van der Waals surface area contributed by atoms with Gasteiger partial charge in [-0.15, -0.1) is 11.6 Å². The molecule has 0 heterocycles. The van der Waals surface area contributed by atoms with Crippen molar-refractivity contribution in [2.24, 2.45) is 0 Å². The number of hydrogen-bond acceptors (Lipinski definition) is 1. The summed E-state index contributed by atoms with van der Waals surface area (Å²) in [6.07, 6.45) is 1.08. The molecule has 0 aliphatic rings. The van der Waals surface area contributed by atoms with E-state index in [1.54, 1.807) is 0 Å². The maximum absolute atomic E-state index is 5.57. The molecule has 1 N–H and O–H groups in total. The molecular weight excluding hydrogens is 194 g/mol. The minimum Gasteiger partial charge on any atom is -0.315 e. The minimum atomic E-state index is 0.687. The van der Waals surface area contributed by atoms with Crippen molar-refractivity contribution in [2.75, 3.05) is 19.0 Å². The van der Waals surface area contributed by atoms with E-state index < -0.39 is 0 Å². The van der Waals surface area contributed by atoms with Gasteiger partial charge in [0.15, 0.2) is 0 Å². The van der Waals surface area contributed by atoms with Crippen molar-refractivity contribution in [3.8, 4) is 0 Å². The summed E-state index contributed by atoms with van der Waals surface area (Å²) in [7, 11) is 0. The van der Waals surface area contributed by atoms with Crippen LogP contribution in [0.3, 0.4) is 0 Å². The van der Waals surface area contributed by atoms with Crippen molar-refractivity contribution in [2.45, 2.75) is 20.3 Å². The van der Waals surface area contributed by atoms with Gasteiger partial charge in [-0.2, -0.15) is 0 Å². The van der Waals surface area contributed by atoms with Crippen molar-refractivity contribution in [1.82, 2.24) is 5.32 Å². The number of rotatable bonds is 5. The van der Waals surface area contributed by atoms with E-state index in [0.717, 1.165) is 19.5 Å². The lowest BCUT2D eigenvalue weighted by molar-refractivity contribution is 0.719. The van der Waals surface area contributed by atoms with E-state index in [-0.39, 0.29) is 0 Å². The van der Waals surface area contributed by atoms with Crippen LogP contribution >= 0.6 is 11.6 Å². The van der Waals surface area contributed by atoms with Gasteiger partial charge in [-0.1, -0.05) is 18.2 Å². The molecule has 0 atom stereocenters. The standard InChI is InChI=1S/C12H18ClN/c1-10-3-4-12(9-11(10)2)5-7-14-8-6-13/h3-4,9,14H,5-8H2,1-2H3. The van der Waals surface area contributed by atoms with Crippen molar-refractivity contribution in [3.05, 3.63) is 34.9 Å². The molecule has 78 valence electrons. The third-order valence-corrected chi connectivity index (χ3v) is 2.62. The quantitative estimate of drug-likeness (QED) is 0.584. The maximum Gasteiger partial charge on any atom is 0.0348 e. The molecule has 0 unspecified atom stereocenters. The Morgan fingerprint density at radius 3 is 2.57 bits per heavy atom. The second-order valence-corrected chi connectivity index (χ2v) is 3.99. The van der Waals surface area contributed by atoms with Crippen LogP contribution in [-0.2, 0) is 6.42 Å². The first-order valence-corrected chi connectivity index (χ1v) is 5.60. The minimum absolute atomic E-state index is 0.687. The van der Waals surface area contributed by atoms with Crippen LogP contribution in [0, 0.1) is 13.8 Å². The van der Waals surface area contributed by atoms with Crippen molar-refractivity contribution < 1.29 is 0 Å². The summed E-state index contributed by atoms with van der Waals surface area (Å²) in [6, 6.07) is 6.65. The number of nitrogens with one attached hydrogen (secondary N) is 1. The Kier molecular flexibility index (Phi) is 4.99. The number of benzene rings is 1. The SMILES string of the molecule is Cc1ccc(CCNCCCl)cc1C. The van der Waals surface area contributed by atoms with Crippen LogP contribution in [0.15, 0.2) is 18.2 Å². The highest BCUT2D eigenvalue weighted by Crippen LogP contribution is 2.09. The van der Waals surface area contributed by atoms with Gasteiger partial charge in [0, 0.05) is 12.4 Å². The summed E-state index contributed by atoms with van der Waals surface area (Å²) in [5.74, 6) is 0.687. The molecule has 0 amide bonds. The smallest absolute Gasteiger partial charge is 0.0348 e. The first kappa shape index (κ1) is 11.5. The molecular formula is C12H18ClN. The summed E-state index contributed by atoms with van der Waals surface area (Å²) in [5, 5.41) is 3.29. The van der Waals surface area contributed by atoms with E-state index >= 15 is 0 Å². The fraction of sp³-hybridized carbons (Fsp3) is 0.500. The van der Waals surface area contributed by atoms with E-state index in [9.17, 15) is 0 Å². The highest BCUT2D eigenvalue weighted by Gasteiger charge is 1.95. The summed E-state index contributed by atoms with van der Waals surface area (Å²) in [6.45, 7) is 6.21. The molecule has 1 nitrogen and oxygen atoms in total. The van der Waals surface area contributed by atoms with Gasteiger partial charge in [-0.05, 0) is 43.5 Å². The second-order valence-electron chi connectivity index (χ2n) is 3.61. The molecule has 0 aliphatic carbocycles. The molecule has 0 aromatic heterocycles. The normalized spacial score (nSPS) is 10.5. The molecule has 1 rings (SSSR count). The van der Waals surface area contributed by atoms with Gasteiger partial charge in [-0.3, -0.25) is 0 Å². The van der Waals surface area contributed by atoms with E-state index in [0.29, 0.717) is 5.88 Å². The van der Waals surface area contributed by atoms with Crippen LogP contribution < -0.4 is 5.32 Å². The zero-order chi connectivity index (χ0) is 10.4. The van der Waals surface area contributed by atoms with Crippen LogP contribution in [-0.4, -0.2) is 19.0 Å². The molecule has 0 aliphatic heterocycles. The Bertz CT molecular complexity index is 284. The average molecular weight is 212 g/mol. The summed E-state index contributed by atoms with van der Waals surface area (Å²) in [5.41, 5.74) is 4.14. The van der Waals surface area contributed by atoms with Gasteiger partial charge >= 0.3 is 0 Å². The van der Waals surface area contributed by atoms with Gasteiger partial charge in [0.25, 0.3) is 0 Å². The summed E-state index contributed by atoms with van der Waals surface area (Å²) >= 11 is 5.57. The van der Waals surface area contributed by atoms with Crippen molar-refractivity contribution >= 4 is 11.6 Å². The van der Waals surface area contributed by atoms with Crippen LogP contribution in [0.4, 0.5) is 0 Å². The Balaban J connectivity index is 2.39. The number of hydrogen-bond donors (Lipinski definition) is 1. The predicted octanol–water partition coefficient (Wildman–Crippen LogP) is 2.67. The molecule has 0 spiro atoms. The largest absolute Gasteiger partial charge is 0.315 e. The van der Waals surface area contributed by atoms with Crippen LogP contribution in [0.5, 0.6) is 0 Å². The van der Waals surface area contributed by atoms with Gasteiger partial charge in [0.1, 0.15) is 0 Å². The molecule has 2 heteroatoms. The van der Waals surface area contributed by atoms with Crippen LogP contribution in [0.25, 0.3) is 0 Å². The number of aryl methyl sites for hydroxylation is 2. The summed E-state index contributed by atoms with van der Waals surface area (Å²) in [4.78, 5) is 0. The van der Waals surface area contributed by atoms with Gasteiger partial charge < -0.3 is 5.32 Å². The number of alkyl halides is 1. The van der Waals surface area contributed by atoms with Gasteiger partial charge in [0.05, 0.1) is 0 Å². The Morgan fingerprint density at radius 1 is 1.14 bits per heavy atom. The molecule has 0 bridgehead atoms. The molecule has 1 aromatic carbocycles. The molecule has 0 radical (unpaired) electrons. The fourth-order valence-electron chi connectivity index (χ4n) is 1.38. The fourth-order valence-corrected chi connectivity index (χ4v) is 1.52. The van der Waals surface area contributed by atoms with E-state index in [1.165, 1.54) is 16.7 Å². The highest BCUT2D eigenvalue weighted by atomic mass is 35.5. The third kappa shape index (κ3) is 3.69. The lowest BCUT2D eigenvalue weighted by Gasteiger charge is -2.05. The monoisotopic (exact) mass is 211 g/mol. The van der Waals surface area contributed by atoms with E-state index in [2.05, 4.69) is 37.4 Å². The Labute approximate surface area is 91.5 Å². The zero-order valence-corrected chi connectivity index (χ0v) is 9.69. The number of halogens is 1. The average Bonchev–Trinajstić information content (AvgIpc) is 2.18. The Morgan fingerprint density at radius 2 is 1.93 bits per heavy atom. The molecule has 0 fully saturated rings. The van der Waals surface area contributed by atoms with Gasteiger partial charge in [0.2, 0.25) is 0 Å². The first-order chi connectivity index (χ1) is 6.74. The van der Waals surface area contributed by atoms with Crippen LogP contribution in [0.1, 0.15) is 16.7 Å². The van der Waals surface area contributed by atoms with Gasteiger partial charge in [-0.25, -0.2) is 0 Å². The zero-order valence-electron chi connectivity index (χ0n) is 8.94. The Hall–Kier alpha value is -0.530. The van der Waals surface area contributed by atoms with Crippen molar-refractivity contribution in [1.29, 1.82) is 0 Å². The van der Waals surface area contributed by atoms with Crippen molar-refractivity contribution in [3.63, 3.8) is 0 Å². The summed E-state index contributed by atoms with van der Waals surface area (Å²) < 4.78 is 0. The van der Waals surface area contributed by atoms with E-state index in [4.69, 9.17) is 11.6 Å². The molecule has 1 aromatic rings. The predicted molar refractivity (Wildman–Crippen MR) is 63.2 cm³/mol. The molecule has 0 saturated heterocycles. The first-order valence-electron chi connectivity index (χ1n) is 5.07. The highest BCUT2D eigenvalue weighted by molar-refractivity contribution is 6.18. The topological polar surface area (TPSA) is 12.0 Å². The maximum atomic E-state index is 5.57. The van der Waals surface area contributed by atoms with E-state index in [1.807, 2.05) is 0 Å². The molecule has 14 heavy (non-hydrogen) atoms. The third-order valence-electron chi connectivity index (χ3n) is 2.43.